The molecule has 1 heterocycles. The van der Waals surface area contributed by atoms with Gasteiger partial charge < -0.3 is 15.4 Å². The number of anilines is 2. The molecule has 1 aromatic heterocycles. The summed E-state index contributed by atoms with van der Waals surface area (Å²) in [5.74, 6) is 1.64. The highest BCUT2D eigenvalue weighted by Crippen LogP contribution is 2.24. The molecule has 0 saturated carbocycles. The Kier molecular flexibility index (Phi) is 8.05. The summed E-state index contributed by atoms with van der Waals surface area (Å²) < 4.78 is 7.44. The lowest BCUT2D eigenvalue weighted by Crippen LogP contribution is -2.15. The third-order valence-electron chi connectivity index (χ3n) is 5.32. The van der Waals surface area contributed by atoms with Crippen LogP contribution >= 0.6 is 11.8 Å². The van der Waals surface area contributed by atoms with Crippen molar-refractivity contribution in [3.05, 3.63) is 89.7 Å². The quantitative estimate of drug-likeness (QED) is 0.282. The maximum absolute atomic E-state index is 12.6. The highest BCUT2D eigenvalue weighted by Gasteiger charge is 2.16. The molecule has 0 saturated heterocycles. The lowest BCUT2D eigenvalue weighted by atomic mass is 10.1. The van der Waals surface area contributed by atoms with Crippen LogP contribution in [0, 0.1) is 13.8 Å². The van der Waals surface area contributed by atoms with Crippen molar-refractivity contribution in [2.75, 3.05) is 23.0 Å². The van der Waals surface area contributed by atoms with E-state index < -0.39 is 0 Å². The fourth-order valence-electron chi connectivity index (χ4n) is 3.66. The fourth-order valence-corrected chi connectivity index (χ4v) is 4.43. The molecule has 8 heteroatoms. The van der Waals surface area contributed by atoms with E-state index in [0.717, 1.165) is 28.6 Å². The zero-order valence-electron chi connectivity index (χ0n) is 20.1. The standard InChI is InChI=1S/C27H29N5O2S/c1-4-34-23-13-11-21(12-14-23)29-26(33)18-35-27-31-30-25(32(27)22-8-6-5-7-9-22)17-28-24-15-10-19(2)16-20(24)3/h5-16,28H,4,17-18H2,1-3H3,(H,29,33). The number of hydrogen-bond donors (Lipinski definition) is 2. The second kappa shape index (κ2) is 11.6. The van der Waals surface area contributed by atoms with E-state index in [9.17, 15) is 4.79 Å². The molecule has 2 N–H and O–H groups in total. The van der Waals surface area contributed by atoms with Gasteiger partial charge in [-0.05, 0) is 68.8 Å². The number of aryl methyl sites for hydroxylation is 2. The number of amides is 1. The van der Waals surface area contributed by atoms with E-state index in [-0.39, 0.29) is 11.7 Å². The molecular weight excluding hydrogens is 458 g/mol. The lowest BCUT2D eigenvalue weighted by Gasteiger charge is -2.13. The van der Waals surface area contributed by atoms with E-state index in [1.165, 1.54) is 22.9 Å². The predicted octanol–water partition coefficient (Wildman–Crippen LogP) is 5.63. The molecular formula is C27H29N5O2S. The van der Waals surface area contributed by atoms with Crippen molar-refractivity contribution < 1.29 is 9.53 Å². The molecule has 0 bridgehead atoms. The van der Waals surface area contributed by atoms with Crippen molar-refractivity contribution in [2.24, 2.45) is 0 Å². The Morgan fingerprint density at radius 1 is 1.00 bits per heavy atom. The van der Waals surface area contributed by atoms with Crippen molar-refractivity contribution >= 4 is 29.0 Å². The normalized spacial score (nSPS) is 10.7. The van der Waals surface area contributed by atoms with Crippen LogP contribution in [0.5, 0.6) is 5.75 Å². The van der Waals surface area contributed by atoms with Gasteiger partial charge in [0.05, 0.1) is 18.9 Å². The second-order valence-electron chi connectivity index (χ2n) is 8.04. The molecule has 0 unspecified atom stereocenters. The Balaban J connectivity index is 1.46. The largest absolute Gasteiger partial charge is 0.494 e. The smallest absolute Gasteiger partial charge is 0.234 e. The third kappa shape index (κ3) is 6.42. The number of carbonyl (C=O) groups excluding carboxylic acids is 1. The molecule has 1 amide bonds. The number of thioether (sulfide) groups is 1. The number of ether oxygens (including phenoxy) is 1. The average molecular weight is 488 g/mol. The van der Waals surface area contributed by atoms with E-state index in [0.29, 0.717) is 18.3 Å². The number of hydrogen-bond acceptors (Lipinski definition) is 6. The number of rotatable bonds is 10. The number of aromatic nitrogens is 3. The van der Waals surface area contributed by atoms with Gasteiger partial charge in [0.2, 0.25) is 5.91 Å². The lowest BCUT2D eigenvalue weighted by molar-refractivity contribution is -0.113. The number of benzene rings is 3. The van der Waals surface area contributed by atoms with Gasteiger partial charge in [-0.1, -0.05) is 47.7 Å². The molecule has 0 aliphatic carbocycles. The Hall–Kier alpha value is -3.78. The van der Waals surface area contributed by atoms with Crippen molar-refractivity contribution in [2.45, 2.75) is 32.5 Å². The topological polar surface area (TPSA) is 81.1 Å². The first-order chi connectivity index (χ1) is 17.0. The molecule has 7 nitrogen and oxygen atoms in total. The number of nitrogens with one attached hydrogen (secondary N) is 2. The average Bonchev–Trinajstić information content (AvgIpc) is 3.27. The summed E-state index contributed by atoms with van der Waals surface area (Å²) in [4.78, 5) is 12.6. The van der Waals surface area contributed by atoms with Crippen LogP contribution < -0.4 is 15.4 Å². The van der Waals surface area contributed by atoms with E-state index in [1.54, 1.807) is 0 Å². The molecule has 180 valence electrons. The first-order valence-corrected chi connectivity index (χ1v) is 12.5. The van der Waals surface area contributed by atoms with Gasteiger partial charge >= 0.3 is 0 Å². The zero-order valence-corrected chi connectivity index (χ0v) is 20.9. The minimum atomic E-state index is -0.114. The number of carbonyl (C=O) groups is 1. The highest BCUT2D eigenvalue weighted by atomic mass is 32.2. The minimum absolute atomic E-state index is 0.114. The van der Waals surface area contributed by atoms with Gasteiger partial charge in [-0.2, -0.15) is 0 Å². The predicted molar refractivity (Wildman–Crippen MR) is 142 cm³/mol. The van der Waals surface area contributed by atoms with Crippen LogP contribution in [0.4, 0.5) is 11.4 Å². The molecule has 0 aliphatic heterocycles. The first kappa shape index (κ1) is 24.3. The van der Waals surface area contributed by atoms with Crippen LogP contribution in [0.25, 0.3) is 5.69 Å². The number of para-hydroxylation sites is 1. The summed E-state index contributed by atoms with van der Waals surface area (Å²) in [5.41, 5.74) is 5.13. The Morgan fingerprint density at radius 2 is 1.77 bits per heavy atom. The fraction of sp³-hybridized carbons (Fsp3) is 0.222. The van der Waals surface area contributed by atoms with Crippen LogP contribution in [-0.4, -0.2) is 33.0 Å². The summed E-state index contributed by atoms with van der Waals surface area (Å²) in [6.07, 6.45) is 0. The summed E-state index contributed by atoms with van der Waals surface area (Å²) >= 11 is 1.35. The van der Waals surface area contributed by atoms with Crippen LogP contribution in [-0.2, 0) is 11.3 Å². The van der Waals surface area contributed by atoms with Crippen LogP contribution in [0.2, 0.25) is 0 Å². The molecule has 0 aliphatic rings. The molecule has 35 heavy (non-hydrogen) atoms. The third-order valence-corrected chi connectivity index (χ3v) is 6.24. The molecule has 4 aromatic rings. The maximum Gasteiger partial charge on any atom is 0.234 e. The van der Waals surface area contributed by atoms with Crippen molar-refractivity contribution in [3.8, 4) is 11.4 Å². The molecule has 0 atom stereocenters. The van der Waals surface area contributed by atoms with Crippen LogP contribution in [0.3, 0.4) is 0 Å². The molecule has 4 rings (SSSR count). The summed E-state index contributed by atoms with van der Waals surface area (Å²) in [5, 5.41) is 15.9. The molecule has 0 spiro atoms. The van der Waals surface area contributed by atoms with Crippen LogP contribution in [0.15, 0.2) is 78.0 Å². The van der Waals surface area contributed by atoms with Gasteiger partial charge in [0.1, 0.15) is 5.75 Å². The van der Waals surface area contributed by atoms with Gasteiger partial charge in [0.25, 0.3) is 0 Å². The summed E-state index contributed by atoms with van der Waals surface area (Å²) in [6, 6.07) is 23.6. The Labute approximate surface area is 209 Å². The van der Waals surface area contributed by atoms with Crippen molar-refractivity contribution in [1.82, 2.24) is 14.8 Å². The van der Waals surface area contributed by atoms with E-state index in [4.69, 9.17) is 4.74 Å². The monoisotopic (exact) mass is 487 g/mol. The van der Waals surface area contributed by atoms with Gasteiger partial charge in [-0.25, -0.2) is 0 Å². The minimum Gasteiger partial charge on any atom is -0.494 e. The number of nitrogens with zero attached hydrogens (tertiary/aromatic N) is 3. The van der Waals surface area contributed by atoms with Crippen LogP contribution in [0.1, 0.15) is 23.9 Å². The highest BCUT2D eigenvalue weighted by molar-refractivity contribution is 7.99. The first-order valence-electron chi connectivity index (χ1n) is 11.5. The van der Waals surface area contributed by atoms with Gasteiger partial charge in [-0.15, -0.1) is 10.2 Å². The molecule has 0 fully saturated rings. The summed E-state index contributed by atoms with van der Waals surface area (Å²) in [6.45, 7) is 7.21. The molecule has 3 aromatic carbocycles. The SMILES string of the molecule is CCOc1ccc(NC(=O)CSc2nnc(CNc3ccc(C)cc3C)n2-c2ccccc2)cc1. The summed E-state index contributed by atoms with van der Waals surface area (Å²) in [7, 11) is 0. The van der Waals surface area contributed by atoms with E-state index in [1.807, 2.05) is 66.1 Å². The maximum atomic E-state index is 12.6. The zero-order chi connectivity index (χ0) is 24.6. The Bertz CT molecular complexity index is 1270. The van der Waals surface area contributed by atoms with Gasteiger partial charge in [0.15, 0.2) is 11.0 Å². The van der Waals surface area contributed by atoms with Crippen molar-refractivity contribution in [3.63, 3.8) is 0 Å². The van der Waals surface area contributed by atoms with Gasteiger partial charge in [0, 0.05) is 17.1 Å². The van der Waals surface area contributed by atoms with Gasteiger partial charge in [-0.3, -0.25) is 9.36 Å². The van der Waals surface area contributed by atoms with E-state index >= 15 is 0 Å². The Morgan fingerprint density at radius 3 is 2.49 bits per heavy atom. The van der Waals surface area contributed by atoms with E-state index in [2.05, 4.69) is 52.9 Å². The molecule has 0 radical (unpaired) electrons. The second-order valence-corrected chi connectivity index (χ2v) is 8.98. The van der Waals surface area contributed by atoms with Crippen molar-refractivity contribution in [1.29, 1.82) is 0 Å².